The fraction of sp³-hybridized carbons (Fsp3) is 0.429. The van der Waals surface area contributed by atoms with Crippen LogP contribution < -0.4 is 14.4 Å². The average molecular weight is 419 g/mol. The summed E-state index contributed by atoms with van der Waals surface area (Å²) < 4.78 is 36.9. The molecule has 0 amide bonds. The Morgan fingerprint density at radius 2 is 1.79 bits per heavy atom. The largest absolute Gasteiger partial charge is 0.586 e. The number of nitrogens with zero attached hydrogens (tertiary/aromatic N) is 2. The number of rotatable bonds is 3. The third-order valence-electron chi connectivity index (χ3n) is 6.15. The standard InChI is InChI=1S/C21H23F2N3O2S/c1-4-29(5-2)17-10-16-15(27-21(22,23)28-16)9-14(17)26(3)20(24)19-18(29)8-13(11-25-19)12-6-7-12/h8-12,24H,4-7H2,1-3H3. The van der Waals surface area contributed by atoms with Crippen LogP contribution in [0.15, 0.2) is 34.2 Å². The molecule has 3 aliphatic rings. The number of amidine groups is 1. The molecule has 2 aliphatic heterocycles. The maximum absolute atomic E-state index is 13.7. The van der Waals surface area contributed by atoms with E-state index in [1.165, 1.54) is 18.4 Å². The minimum absolute atomic E-state index is 0.00601. The second kappa shape index (κ2) is 6.08. The molecule has 29 heavy (non-hydrogen) atoms. The van der Waals surface area contributed by atoms with Gasteiger partial charge in [-0.05, 0) is 48.0 Å². The van der Waals surface area contributed by atoms with Gasteiger partial charge in [0.1, 0.15) is 5.69 Å². The van der Waals surface area contributed by atoms with E-state index >= 15 is 0 Å². The predicted octanol–water partition coefficient (Wildman–Crippen LogP) is 5.32. The molecular weight excluding hydrogens is 396 g/mol. The van der Waals surface area contributed by atoms with Crippen LogP contribution in [0.2, 0.25) is 0 Å². The minimum atomic E-state index is -3.66. The van der Waals surface area contributed by atoms with Crippen LogP contribution >= 0.6 is 10.0 Å². The minimum Gasteiger partial charge on any atom is -0.395 e. The fourth-order valence-electron chi connectivity index (χ4n) is 4.34. The highest BCUT2D eigenvalue weighted by Gasteiger charge is 2.46. The maximum Gasteiger partial charge on any atom is 0.586 e. The van der Waals surface area contributed by atoms with Gasteiger partial charge in [-0.2, -0.15) is 10.0 Å². The van der Waals surface area contributed by atoms with E-state index in [-0.39, 0.29) is 17.3 Å². The molecule has 8 heteroatoms. The number of alkyl halides is 2. The lowest BCUT2D eigenvalue weighted by Gasteiger charge is -2.40. The van der Waals surface area contributed by atoms with Gasteiger partial charge < -0.3 is 14.4 Å². The van der Waals surface area contributed by atoms with E-state index in [1.807, 2.05) is 6.20 Å². The number of nitrogens with one attached hydrogen (secondary N) is 1. The predicted molar refractivity (Wildman–Crippen MR) is 109 cm³/mol. The topological polar surface area (TPSA) is 58.4 Å². The van der Waals surface area contributed by atoms with Gasteiger partial charge in [0.05, 0.1) is 5.69 Å². The molecule has 5 nitrogen and oxygen atoms in total. The Hall–Kier alpha value is -2.35. The summed E-state index contributed by atoms with van der Waals surface area (Å²) in [6.07, 6.45) is 0.576. The molecule has 0 bridgehead atoms. The van der Waals surface area contributed by atoms with Crippen molar-refractivity contribution in [3.63, 3.8) is 0 Å². The highest BCUT2D eigenvalue weighted by molar-refractivity contribution is 8.34. The molecule has 3 heterocycles. The first-order valence-electron chi connectivity index (χ1n) is 9.85. The zero-order valence-electron chi connectivity index (χ0n) is 16.6. The first kappa shape index (κ1) is 18.7. The van der Waals surface area contributed by atoms with Crippen molar-refractivity contribution in [1.29, 1.82) is 5.41 Å². The van der Waals surface area contributed by atoms with Crippen molar-refractivity contribution in [2.24, 2.45) is 0 Å². The number of aromatic nitrogens is 1. The Kier molecular flexibility index (Phi) is 3.91. The normalized spacial score (nSPS) is 22.0. The number of halogens is 2. The molecular formula is C21H23F2N3O2S. The lowest BCUT2D eigenvalue weighted by atomic mass is 10.1. The SMILES string of the molecule is CCS1(CC)c2cc3c(cc2N(C)C(=N)c2ncc(C4CC4)cc21)OC(F)(F)O3. The number of benzene rings is 1. The van der Waals surface area contributed by atoms with Crippen molar-refractivity contribution < 1.29 is 18.3 Å². The van der Waals surface area contributed by atoms with E-state index in [4.69, 9.17) is 19.9 Å². The van der Waals surface area contributed by atoms with Crippen LogP contribution in [0.1, 0.15) is 43.9 Å². The molecule has 1 fully saturated rings. The molecule has 1 aromatic heterocycles. The summed E-state index contributed by atoms with van der Waals surface area (Å²) in [4.78, 5) is 8.47. The molecule has 1 N–H and O–H groups in total. The van der Waals surface area contributed by atoms with E-state index in [0.29, 0.717) is 17.3 Å². The van der Waals surface area contributed by atoms with E-state index in [1.54, 1.807) is 24.1 Å². The Bertz CT molecular complexity index is 1030. The van der Waals surface area contributed by atoms with Gasteiger partial charge in [0.25, 0.3) is 0 Å². The van der Waals surface area contributed by atoms with E-state index in [9.17, 15) is 8.78 Å². The lowest BCUT2D eigenvalue weighted by Crippen LogP contribution is -2.27. The molecule has 0 radical (unpaired) electrons. The molecule has 0 spiro atoms. The number of pyridine rings is 1. The Labute approximate surface area is 169 Å². The van der Waals surface area contributed by atoms with Gasteiger partial charge in [-0.15, -0.1) is 8.78 Å². The summed E-state index contributed by atoms with van der Waals surface area (Å²) in [7, 11) is 0.173. The second-order valence-corrected chi connectivity index (χ2v) is 11.5. The number of hydrogen-bond acceptors (Lipinski definition) is 4. The molecule has 1 saturated carbocycles. The van der Waals surface area contributed by atoms with Gasteiger partial charge in [0, 0.05) is 29.1 Å². The maximum atomic E-state index is 13.7. The summed E-state index contributed by atoms with van der Waals surface area (Å²) in [5.41, 5.74) is 2.60. The van der Waals surface area contributed by atoms with E-state index < -0.39 is 16.3 Å². The Balaban J connectivity index is 1.80. The van der Waals surface area contributed by atoms with Gasteiger partial charge >= 0.3 is 6.29 Å². The fourth-order valence-corrected chi connectivity index (χ4v) is 8.04. The van der Waals surface area contributed by atoms with E-state index in [0.717, 1.165) is 21.3 Å². The van der Waals surface area contributed by atoms with E-state index in [2.05, 4.69) is 19.9 Å². The van der Waals surface area contributed by atoms with Crippen molar-refractivity contribution in [3.8, 4) is 11.5 Å². The van der Waals surface area contributed by atoms with Crippen LogP contribution in [-0.2, 0) is 0 Å². The van der Waals surface area contributed by atoms with Crippen LogP contribution in [0, 0.1) is 5.41 Å². The molecule has 1 aliphatic carbocycles. The van der Waals surface area contributed by atoms with Gasteiger partial charge in [-0.1, -0.05) is 13.8 Å². The monoisotopic (exact) mass is 419 g/mol. The van der Waals surface area contributed by atoms with Crippen LogP contribution in [0.3, 0.4) is 0 Å². The van der Waals surface area contributed by atoms with Crippen LogP contribution in [0.5, 0.6) is 11.5 Å². The quantitative estimate of drug-likeness (QED) is 0.732. The first-order chi connectivity index (χ1) is 13.8. The lowest BCUT2D eigenvalue weighted by molar-refractivity contribution is -0.286. The molecule has 2 aromatic rings. The van der Waals surface area contributed by atoms with Crippen LogP contribution in [-0.4, -0.2) is 35.7 Å². The van der Waals surface area contributed by atoms with Gasteiger partial charge in [-0.25, -0.2) is 0 Å². The second-order valence-electron chi connectivity index (χ2n) is 7.69. The Morgan fingerprint density at radius 3 is 2.41 bits per heavy atom. The highest BCUT2D eigenvalue weighted by Crippen LogP contribution is 2.68. The third-order valence-corrected chi connectivity index (χ3v) is 10.4. The molecule has 0 unspecified atom stereocenters. The van der Waals surface area contributed by atoms with Crippen molar-refractivity contribution in [1.82, 2.24) is 4.98 Å². The zero-order chi connectivity index (χ0) is 20.6. The summed E-state index contributed by atoms with van der Waals surface area (Å²) in [5, 5.41) is 8.80. The third kappa shape index (κ3) is 2.64. The smallest absolute Gasteiger partial charge is 0.395 e. The Morgan fingerprint density at radius 1 is 1.14 bits per heavy atom. The average Bonchev–Trinajstić information content (AvgIpc) is 3.50. The summed E-state index contributed by atoms with van der Waals surface area (Å²) in [5.74, 6) is 2.54. The number of hydrogen-bond donors (Lipinski definition) is 1. The number of anilines is 1. The summed E-state index contributed by atoms with van der Waals surface area (Å²) in [6.45, 7) is 4.26. The highest BCUT2D eigenvalue weighted by atomic mass is 32.3. The molecule has 5 rings (SSSR count). The summed E-state index contributed by atoms with van der Waals surface area (Å²) in [6, 6.07) is 5.51. The molecule has 1 aromatic carbocycles. The number of fused-ring (bicyclic) bond motifs is 3. The van der Waals surface area contributed by atoms with Crippen molar-refractivity contribution in [3.05, 3.63) is 35.7 Å². The van der Waals surface area contributed by atoms with Crippen molar-refractivity contribution >= 4 is 21.6 Å². The molecule has 0 atom stereocenters. The molecule has 0 saturated heterocycles. The zero-order valence-corrected chi connectivity index (χ0v) is 17.4. The van der Waals surface area contributed by atoms with Crippen molar-refractivity contribution in [2.75, 3.05) is 23.5 Å². The van der Waals surface area contributed by atoms with Gasteiger partial charge in [-0.3, -0.25) is 10.4 Å². The number of ether oxygens (including phenoxy) is 2. The molecule has 154 valence electrons. The van der Waals surface area contributed by atoms with Gasteiger partial charge in [0.15, 0.2) is 17.3 Å². The first-order valence-corrected chi connectivity index (χ1v) is 11.8. The summed E-state index contributed by atoms with van der Waals surface area (Å²) >= 11 is 0. The van der Waals surface area contributed by atoms with Gasteiger partial charge in [0.2, 0.25) is 0 Å². The van der Waals surface area contributed by atoms with Crippen molar-refractivity contribution in [2.45, 2.75) is 48.7 Å². The van der Waals surface area contributed by atoms with Crippen LogP contribution in [0.25, 0.3) is 0 Å². The van der Waals surface area contributed by atoms with Crippen LogP contribution in [0.4, 0.5) is 14.5 Å².